The Morgan fingerprint density at radius 3 is 2.38 bits per heavy atom. The van der Waals surface area contributed by atoms with Gasteiger partial charge in [0.1, 0.15) is 0 Å². The first-order valence-electron chi connectivity index (χ1n) is 8.88. The van der Waals surface area contributed by atoms with Crippen molar-refractivity contribution in [2.24, 2.45) is 11.8 Å². The van der Waals surface area contributed by atoms with E-state index in [1.54, 1.807) is 0 Å². The first kappa shape index (κ1) is 16.5. The molecule has 1 aliphatic carbocycles. The summed E-state index contributed by atoms with van der Waals surface area (Å²) >= 11 is 0. The second-order valence-corrected chi connectivity index (χ2v) is 6.60. The molecule has 1 aromatic carbocycles. The largest absolute Gasteiger partial charge is 0.271 e. The summed E-state index contributed by atoms with van der Waals surface area (Å²) in [6.07, 6.45) is 12.2. The van der Waals surface area contributed by atoms with Gasteiger partial charge in [0.15, 0.2) is 0 Å². The number of unbranched alkanes of at least 4 members (excludes halogenated alkanes) is 6. The van der Waals surface area contributed by atoms with Crippen molar-refractivity contribution in [2.75, 3.05) is 0 Å². The van der Waals surface area contributed by atoms with Gasteiger partial charge in [-0.05, 0) is 30.2 Å². The van der Waals surface area contributed by atoms with E-state index in [2.05, 4.69) is 42.7 Å². The molecule has 0 aliphatic heterocycles. The summed E-state index contributed by atoms with van der Waals surface area (Å²) in [4.78, 5) is 0. The summed E-state index contributed by atoms with van der Waals surface area (Å²) in [7, 11) is 0. The fourth-order valence-electron chi connectivity index (χ4n) is 3.49. The van der Waals surface area contributed by atoms with E-state index in [0.29, 0.717) is 6.04 Å². The van der Waals surface area contributed by atoms with E-state index < -0.39 is 0 Å². The molecule has 1 fully saturated rings. The van der Waals surface area contributed by atoms with Crippen LogP contribution in [0.1, 0.15) is 76.2 Å². The van der Waals surface area contributed by atoms with Gasteiger partial charge in [-0.1, -0.05) is 82.2 Å². The number of rotatable bonds is 11. The molecule has 1 aromatic rings. The lowest BCUT2D eigenvalue weighted by Gasteiger charge is -2.16. The quantitative estimate of drug-likeness (QED) is 0.350. The predicted molar refractivity (Wildman–Crippen MR) is 91.0 cm³/mol. The molecule has 3 atom stereocenters. The van der Waals surface area contributed by atoms with Crippen LogP contribution in [0, 0.1) is 5.92 Å². The standard InChI is InChI=1S/C19H32N2/c1-2-3-4-5-6-7-11-14-19(21-20)18-15-17(18)16-12-9-8-10-13-16/h8-10,12-13,17-19,21H,2-7,11,14-15,20H2,1H3. The van der Waals surface area contributed by atoms with E-state index >= 15 is 0 Å². The maximum Gasteiger partial charge on any atom is 0.0244 e. The Morgan fingerprint density at radius 1 is 1.05 bits per heavy atom. The molecule has 0 spiro atoms. The second-order valence-electron chi connectivity index (χ2n) is 6.60. The summed E-state index contributed by atoms with van der Waals surface area (Å²) in [6.45, 7) is 2.27. The highest BCUT2D eigenvalue weighted by molar-refractivity contribution is 5.26. The van der Waals surface area contributed by atoms with Crippen molar-refractivity contribution in [3.8, 4) is 0 Å². The van der Waals surface area contributed by atoms with E-state index in [9.17, 15) is 0 Å². The normalized spacial score (nSPS) is 22.2. The van der Waals surface area contributed by atoms with Gasteiger partial charge in [-0.25, -0.2) is 0 Å². The van der Waals surface area contributed by atoms with Crippen molar-refractivity contribution in [3.05, 3.63) is 35.9 Å². The van der Waals surface area contributed by atoms with Crippen LogP contribution in [0.3, 0.4) is 0 Å². The zero-order valence-electron chi connectivity index (χ0n) is 13.6. The molecule has 3 N–H and O–H groups in total. The summed E-state index contributed by atoms with van der Waals surface area (Å²) in [5.74, 6) is 7.27. The molecule has 118 valence electrons. The molecule has 0 heterocycles. The smallest absolute Gasteiger partial charge is 0.0244 e. The highest BCUT2D eigenvalue weighted by atomic mass is 15.2. The van der Waals surface area contributed by atoms with Crippen LogP contribution < -0.4 is 11.3 Å². The summed E-state index contributed by atoms with van der Waals surface area (Å²) in [5, 5.41) is 0. The monoisotopic (exact) mass is 288 g/mol. The van der Waals surface area contributed by atoms with Crippen LogP contribution in [0.5, 0.6) is 0 Å². The van der Waals surface area contributed by atoms with Gasteiger partial charge in [-0.15, -0.1) is 0 Å². The molecule has 2 rings (SSSR count). The maximum absolute atomic E-state index is 5.78. The Morgan fingerprint density at radius 2 is 1.71 bits per heavy atom. The van der Waals surface area contributed by atoms with Crippen molar-refractivity contribution in [3.63, 3.8) is 0 Å². The van der Waals surface area contributed by atoms with Crippen molar-refractivity contribution in [1.82, 2.24) is 5.43 Å². The molecular weight excluding hydrogens is 256 g/mol. The molecular formula is C19H32N2. The molecule has 0 bridgehead atoms. The first-order chi connectivity index (χ1) is 10.4. The SMILES string of the molecule is CCCCCCCCCC(NN)C1CC1c1ccccc1. The molecule has 21 heavy (non-hydrogen) atoms. The molecule has 1 aliphatic rings. The lowest BCUT2D eigenvalue weighted by atomic mass is 10.00. The molecule has 0 aromatic heterocycles. The van der Waals surface area contributed by atoms with E-state index in [-0.39, 0.29) is 0 Å². The fourth-order valence-corrected chi connectivity index (χ4v) is 3.49. The molecule has 2 heteroatoms. The molecule has 0 amide bonds. The number of nitrogens with two attached hydrogens (primary N) is 1. The van der Waals surface area contributed by atoms with E-state index in [1.165, 1.54) is 63.4 Å². The number of nitrogens with one attached hydrogen (secondary N) is 1. The summed E-state index contributed by atoms with van der Waals surface area (Å²) in [5.41, 5.74) is 4.56. The highest BCUT2D eigenvalue weighted by Gasteiger charge is 2.42. The number of hydrazine groups is 1. The van der Waals surface area contributed by atoms with Gasteiger partial charge in [0, 0.05) is 6.04 Å². The Balaban J connectivity index is 1.61. The average Bonchev–Trinajstić information content (AvgIpc) is 3.31. The van der Waals surface area contributed by atoms with Crippen LogP contribution in [0.4, 0.5) is 0 Å². The van der Waals surface area contributed by atoms with Gasteiger partial charge in [0.25, 0.3) is 0 Å². The summed E-state index contributed by atoms with van der Waals surface area (Å²) < 4.78 is 0. The van der Waals surface area contributed by atoms with Crippen LogP contribution in [-0.2, 0) is 0 Å². The Kier molecular flexibility index (Phi) is 7.25. The zero-order chi connectivity index (χ0) is 14.9. The van der Waals surface area contributed by atoms with Crippen molar-refractivity contribution in [1.29, 1.82) is 0 Å². The molecule has 0 saturated heterocycles. The van der Waals surface area contributed by atoms with Crippen LogP contribution in [0.25, 0.3) is 0 Å². The lowest BCUT2D eigenvalue weighted by Crippen LogP contribution is -2.37. The number of hydrogen-bond donors (Lipinski definition) is 2. The minimum Gasteiger partial charge on any atom is -0.271 e. The second kappa shape index (κ2) is 9.22. The highest BCUT2D eigenvalue weighted by Crippen LogP contribution is 2.50. The molecule has 3 unspecified atom stereocenters. The fraction of sp³-hybridized carbons (Fsp3) is 0.684. The van der Waals surface area contributed by atoms with E-state index in [4.69, 9.17) is 5.84 Å². The maximum atomic E-state index is 5.78. The van der Waals surface area contributed by atoms with Gasteiger partial charge in [0.05, 0.1) is 0 Å². The van der Waals surface area contributed by atoms with Crippen LogP contribution in [0.15, 0.2) is 30.3 Å². The molecule has 1 saturated carbocycles. The Bertz CT molecular complexity index is 376. The minimum atomic E-state index is 0.505. The van der Waals surface area contributed by atoms with Crippen molar-refractivity contribution in [2.45, 2.75) is 76.7 Å². The van der Waals surface area contributed by atoms with Gasteiger partial charge >= 0.3 is 0 Å². The van der Waals surface area contributed by atoms with Crippen molar-refractivity contribution < 1.29 is 0 Å². The lowest BCUT2D eigenvalue weighted by molar-refractivity contribution is 0.416. The Labute approximate surface area is 130 Å². The first-order valence-corrected chi connectivity index (χ1v) is 8.88. The third kappa shape index (κ3) is 5.44. The third-order valence-corrected chi connectivity index (χ3v) is 4.92. The zero-order valence-corrected chi connectivity index (χ0v) is 13.6. The average molecular weight is 288 g/mol. The van der Waals surface area contributed by atoms with E-state index in [1.807, 2.05) is 0 Å². The van der Waals surface area contributed by atoms with Crippen LogP contribution >= 0.6 is 0 Å². The van der Waals surface area contributed by atoms with E-state index in [0.717, 1.165) is 11.8 Å². The predicted octanol–water partition coefficient (Wildman–Crippen LogP) is 4.76. The number of benzene rings is 1. The topological polar surface area (TPSA) is 38.0 Å². The van der Waals surface area contributed by atoms with Gasteiger partial charge in [0.2, 0.25) is 0 Å². The van der Waals surface area contributed by atoms with Gasteiger partial charge in [-0.2, -0.15) is 0 Å². The van der Waals surface area contributed by atoms with Crippen LogP contribution in [0.2, 0.25) is 0 Å². The van der Waals surface area contributed by atoms with Gasteiger partial charge in [-0.3, -0.25) is 11.3 Å². The Hall–Kier alpha value is -0.860. The minimum absolute atomic E-state index is 0.505. The molecule has 0 radical (unpaired) electrons. The van der Waals surface area contributed by atoms with Gasteiger partial charge < -0.3 is 0 Å². The third-order valence-electron chi connectivity index (χ3n) is 4.92. The summed E-state index contributed by atoms with van der Waals surface area (Å²) in [6, 6.07) is 11.4. The van der Waals surface area contributed by atoms with Crippen LogP contribution in [-0.4, -0.2) is 6.04 Å². The van der Waals surface area contributed by atoms with Crippen molar-refractivity contribution >= 4 is 0 Å². The molecule has 2 nitrogen and oxygen atoms in total. The number of hydrogen-bond acceptors (Lipinski definition) is 2.